The molecule has 1 aliphatic rings. The van der Waals surface area contributed by atoms with Crippen LogP contribution in [0.15, 0.2) is 18.2 Å². The summed E-state index contributed by atoms with van der Waals surface area (Å²) in [4.78, 5) is 24.4. The molecule has 0 unspecified atom stereocenters. The number of nitrogens with one attached hydrogen (secondary N) is 1. The Morgan fingerprint density at radius 3 is 2.58 bits per heavy atom. The number of nitrogens with two attached hydrogens (primary N) is 2. The van der Waals surface area contributed by atoms with E-state index in [4.69, 9.17) is 16.2 Å². The van der Waals surface area contributed by atoms with Crippen molar-refractivity contribution in [3.8, 4) is 0 Å². The molecule has 24 heavy (non-hydrogen) atoms. The van der Waals surface area contributed by atoms with Crippen LogP contribution in [0.4, 0.5) is 16.2 Å². The fraction of sp³-hybridized carbons (Fsp3) is 0.529. The first kappa shape index (κ1) is 17.9. The van der Waals surface area contributed by atoms with Crippen molar-refractivity contribution >= 4 is 23.4 Å². The number of hydrogen-bond acceptors (Lipinski definition) is 5. The number of rotatable bonds is 8. The molecule has 0 atom stereocenters. The molecular weight excluding hydrogens is 308 g/mol. The molecule has 0 aliphatic heterocycles. The summed E-state index contributed by atoms with van der Waals surface area (Å²) < 4.78 is 4.74. The van der Waals surface area contributed by atoms with Crippen molar-refractivity contribution < 1.29 is 14.3 Å². The first-order chi connectivity index (χ1) is 11.3. The Morgan fingerprint density at radius 2 is 2.00 bits per heavy atom. The van der Waals surface area contributed by atoms with Crippen molar-refractivity contribution in [3.63, 3.8) is 0 Å². The molecule has 1 aromatic carbocycles. The number of hydrogen-bond donors (Lipinski definition) is 3. The van der Waals surface area contributed by atoms with Gasteiger partial charge in [0.15, 0.2) is 0 Å². The summed E-state index contributed by atoms with van der Waals surface area (Å²) >= 11 is 0. The topological polar surface area (TPSA) is 111 Å². The maximum absolute atomic E-state index is 12.4. The van der Waals surface area contributed by atoms with Gasteiger partial charge in [0.2, 0.25) is 0 Å². The molecule has 2 amide bonds. The van der Waals surface area contributed by atoms with E-state index in [2.05, 4.69) is 5.32 Å². The Labute approximate surface area is 142 Å². The zero-order valence-electron chi connectivity index (χ0n) is 14.3. The van der Waals surface area contributed by atoms with Gasteiger partial charge in [0, 0.05) is 19.6 Å². The molecular formula is C17H26N4O3. The van der Waals surface area contributed by atoms with Crippen molar-refractivity contribution in [1.29, 1.82) is 0 Å². The van der Waals surface area contributed by atoms with Crippen LogP contribution in [0.5, 0.6) is 0 Å². The van der Waals surface area contributed by atoms with Crippen molar-refractivity contribution in [2.24, 2.45) is 5.73 Å². The van der Waals surface area contributed by atoms with Crippen molar-refractivity contribution in [2.75, 3.05) is 31.8 Å². The lowest BCUT2D eigenvalue weighted by atomic mass is 10.0. The van der Waals surface area contributed by atoms with Crippen LogP contribution < -0.4 is 16.8 Å². The van der Waals surface area contributed by atoms with Gasteiger partial charge >= 0.3 is 6.09 Å². The first-order valence-corrected chi connectivity index (χ1v) is 8.15. The van der Waals surface area contributed by atoms with Gasteiger partial charge in [-0.15, -0.1) is 0 Å². The fourth-order valence-electron chi connectivity index (χ4n) is 2.72. The number of carbonyl (C=O) groups excluding carboxylic acids is 2. The van der Waals surface area contributed by atoms with Crippen LogP contribution in [-0.4, -0.2) is 43.1 Å². The lowest BCUT2D eigenvalue weighted by molar-refractivity contribution is 0.0828. The molecule has 1 fully saturated rings. The van der Waals surface area contributed by atoms with Crippen LogP contribution in [0.3, 0.4) is 0 Å². The number of benzene rings is 1. The fourth-order valence-corrected chi connectivity index (χ4v) is 2.72. The Hall–Kier alpha value is -2.44. The van der Waals surface area contributed by atoms with Gasteiger partial charge in [-0.05, 0) is 44.2 Å². The molecule has 7 heteroatoms. The number of unbranched alkanes of at least 4 members (excludes halogenated alkanes) is 1. The van der Waals surface area contributed by atoms with Crippen LogP contribution in [0.1, 0.15) is 42.5 Å². The number of carbonyl (C=O) groups is 2. The summed E-state index contributed by atoms with van der Waals surface area (Å²) in [6.07, 6.45) is 3.93. The van der Waals surface area contributed by atoms with Gasteiger partial charge in [-0.2, -0.15) is 0 Å². The Morgan fingerprint density at radius 1 is 1.29 bits per heavy atom. The highest BCUT2D eigenvalue weighted by atomic mass is 16.5. The minimum absolute atomic E-state index is 0.0243. The Balaban J connectivity index is 2.00. The second kappa shape index (κ2) is 7.42. The number of ether oxygens (including phenoxy) is 1. The van der Waals surface area contributed by atoms with Crippen molar-refractivity contribution in [1.82, 2.24) is 4.90 Å². The van der Waals surface area contributed by atoms with E-state index in [-0.39, 0.29) is 11.4 Å². The molecule has 0 saturated heterocycles. The van der Waals surface area contributed by atoms with Gasteiger partial charge in [0.25, 0.3) is 5.91 Å². The zero-order valence-corrected chi connectivity index (χ0v) is 14.3. The number of anilines is 2. The van der Waals surface area contributed by atoms with E-state index in [0.717, 1.165) is 32.1 Å². The van der Waals surface area contributed by atoms with Gasteiger partial charge in [0.05, 0.1) is 23.5 Å². The molecule has 0 heterocycles. The van der Waals surface area contributed by atoms with E-state index >= 15 is 0 Å². The standard InChI is InChI=1S/C17H26N4O3/c1-21(2)15(22)12-6-5-7-13(18)14(12)20-17(9-10-17)8-3-4-11-24-16(19)23/h5-7,20H,3-4,8-11,18H2,1-2H3,(H2,19,23). The molecule has 1 saturated carbocycles. The third-order valence-corrected chi connectivity index (χ3v) is 4.27. The average Bonchev–Trinajstić information content (AvgIpc) is 3.28. The molecule has 0 bridgehead atoms. The van der Waals surface area contributed by atoms with Crippen LogP contribution >= 0.6 is 0 Å². The minimum Gasteiger partial charge on any atom is -0.450 e. The van der Waals surface area contributed by atoms with Gasteiger partial charge in [-0.1, -0.05) is 6.07 Å². The highest BCUT2D eigenvalue weighted by molar-refractivity contribution is 6.02. The summed E-state index contributed by atoms with van der Waals surface area (Å²) in [6.45, 7) is 0.337. The largest absolute Gasteiger partial charge is 0.450 e. The van der Waals surface area contributed by atoms with E-state index in [1.807, 2.05) is 0 Å². The van der Waals surface area contributed by atoms with E-state index < -0.39 is 6.09 Å². The summed E-state index contributed by atoms with van der Waals surface area (Å²) in [5.74, 6) is -0.0736. The lowest BCUT2D eigenvalue weighted by Crippen LogP contribution is -2.27. The first-order valence-electron chi connectivity index (χ1n) is 8.15. The minimum atomic E-state index is -0.738. The highest BCUT2D eigenvalue weighted by Gasteiger charge is 2.42. The predicted molar refractivity (Wildman–Crippen MR) is 93.8 cm³/mol. The van der Waals surface area contributed by atoms with Crippen LogP contribution in [0, 0.1) is 0 Å². The summed E-state index contributed by atoms with van der Waals surface area (Å²) in [5, 5.41) is 3.50. The Kier molecular flexibility index (Phi) is 5.54. The number of nitrogen functional groups attached to an aromatic ring is 1. The van der Waals surface area contributed by atoms with E-state index in [1.54, 1.807) is 37.2 Å². The summed E-state index contributed by atoms with van der Waals surface area (Å²) in [5.41, 5.74) is 12.9. The SMILES string of the molecule is CN(C)C(=O)c1cccc(N)c1NC1(CCCCOC(N)=O)CC1. The smallest absolute Gasteiger partial charge is 0.404 e. The number of nitrogens with zero attached hydrogens (tertiary/aromatic N) is 1. The quantitative estimate of drug-likeness (QED) is 0.498. The van der Waals surface area contributed by atoms with E-state index in [1.165, 1.54) is 0 Å². The summed E-state index contributed by atoms with van der Waals surface area (Å²) in [6, 6.07) is 5.38. The van der Waals surface area contributed by atoms with Gasteiger partial charge in [-0.3, -0.25) is 4.79 Å². The highest BCUT2D eigenvalue weighted by Crippen LogP contribution is 2.45. The molecule has 0 aromatic heterocycles. The number of primary amides is 1. The van der Waals surface area contributed by atoms with E-state index in [0.29, 0.717) is 23.5 Å². The monoisotopic (exact) mass is 334 g/mol. The van der Waals surface area contributed by atoms with Crippen molar-refractivity contribution in [3.05, 3.63) is 23.8 Å². The van der Waals surface area contributed by atoms with E-state index in [9.17, 15) is 9.59 Å². The predicted octanol–water partition coefficient (Wildman–Crippen LogP) is 2.18. The van der Waals surface area contributed by atoms with Gasteiger partial charge in [0.1, 0.15) is 0 Å². The molecule has 1 aliphatic carbocycles. The van der Waals surface area contributed by atoms with Crippen LogP contribution in [-0.2, 0) is 4.74 Å². The lowest BCUT2D eigenvalue weighted by Gasteiger charge is -2.23. The maximum Gasteiger partial charge on any atom is 0.404 e. The molecule has 1 aromatic rings. The molecule has 0 spiro atoms. The third-order valence-electron chi connectivity index (χ3n) is 4.27. The molecule has 0 radical (unpaired) electrons. The Bertz CT molecular complexity index is 612. The van der Waals surface area contributed by atoms with Crippen molar-refractivity contribution in [2.45, 2.75) is 37.6 Å². The van der Waals surface area contributed by atoms with Gasteiger partial charge < -0.3 is 26.4 Å². The average molecular weight is 334 g/mol. The van der Waals surface area contributed by atoms with Crippen LogP contribution in [0.25, 0.3) is 0 Å². The number of para-hydroxylation sites is 1. The summed E-state index contributed by atoms with van der Waals surface area (Å²) in [7, 11) is 3.45. The zero-order chi connectivity index (χ0) is 17.7. The second-order valence-corrected chi connectivity index (χ2v) is 6.50. The normalized spacial score (nSPS) is 14.8. The molecule has 5 N–H and O–H groups in total. The maximum atomic E-state index is 12.4. The molecule has 7 nitrogen and oxygen atoms in total. The van der Waals surface area contributed by atoms with Gasteiger partial charge in [-0.25, -0.2) is 4.79 Å². The second-order valence-electron chi connectivity index (χ2n) is 6.50. The third kappa shape index (κ3) is 4.53. The number of amides is 2. The molecule has 132 valence electrons. The molecule has 2 rings (SSSR count). The van der Waals surface area contributed by atoms with Crippen LogP contribution in [0.2, 0.25) is 0 Å².